The van der Waals surface area contributed by atoms with Gasteiger partial charge < -0.3 is 19.9 Å². The largest absolute Gasteiger partial charge is 0.463 e. The van der Waals surface area contributed by atoms with Crippen LogP contribution in [0, 0.1) is 0 Å². The Morgan fingerprint density at radius 1 is 1.38 bits per heavy atom. The molecule has 0 bridgehead atoms. The Morgan fingerprint density at radius 2 is 1.94 bits per heavy atom. The number of carbonyl (C=O) groups excluding carboxylic acids is 2. The summed E-state index contributed by atoms with van der Waals surface area (Å²) >= 11 is 0. The molecule has 1 amide bonds. The predicted molar refractivity (Wildman–Crippen MR) is 56.9 cm³/mol. The number of aliphatic hydroxyl groups excluding tert-OH is 1. The molecule has 0 saturated carbocycles. The molecule has 2 N–H and O–H groups in total. The van der Waals surface area contributed by atoms with Crippen LogP contribution in [0.15, 0.2) is 0 Å². The van der Waals surface area contributed by atoms with Gasteiger partial charge in [-0.2, -0.15) is 0 Å². The van der Waals surface area contributed by atoms with Gasteiger partial charge >= 0.3 is 12.1 Å². The lowest BCUT2D eigenvalue weighted by molar-refractivity contribution is -0.143. The van der Waals surface area contributed by atoms with Gasteiger partial charge in [-0.05, 0) is 20.8 Å². The molecule has 0 saturated heterocycles. The van der Waals surface area contributed by atoms with Crippen LogP contribution in [0.2, 0.25) is 0 Å². The molecule has 6 nitrogen and oxygen atoms in total. The van der Waals surface area contributed by atoms with E-state index in [2.05, 4.69) is 10.1 Å². The first-order valence-electron chi connectivity index (χ1n) is 4.99. The van der Waals surface area contributed by atoms with Crippen LogP contribution in [-0.2, 0) is 14.3 Å². The van der Waals surface area contributed by atoms with Crippen molar-refractivity contribution in [2.24, 2.45) is 0 Å². The van der Waals surface area contributed by atoms with Crippen LogP contribution in [0.4, 0.5) is 4.79 Å². The van der Waals surface area contributed by atoms with Crippen molar-refractivity contribution in [3.8, 4) is 0 Å². The Bertz CT molecular complexity index is 246. The molecular weight excluding hydrogens is 214 g/mol. The van der Waals surface area contributed by atoms with E-state index in [1.807, 2.05) is 0 Å². The molecule has 0 aromatic carbocycles. The maximum Gasteiger partial charge on any atom is 0.407 e. The van der Waals surface area contributed by atoms with Gasteiger partial charge in [-0.3, -0.25) is 4.79 Å². The number of esters is 1. The van der Waals surface area contributed by atoms with Crippen LogP contribution in [0.3, 0.4) is 0 Å². The number of nitrogens with one attached hydrogen (secondary N) is 1. The van der Waals surface area contributed by atoms with Crippen molar-refractivity contribution in [1.82, 2.24) is 5.32 Å². The van der Waals surface area contributed by atoms with Gasteiger partial charge in [0.15, 0.2) is 0 Å². The zero-order valence-electron chi connectivity index (χ0n) is 10.1. The molecule has 0 spiro atoms. The minimum Gasteiger partial charge on any atom is -0.463 e. The molecule has 0 rings (SSSR count). The van der Waals surface area contributed by atoms with E-state index in [0.717, 1.165) is 0 Å². The average Bonchev–Trinajstić information content (AvgIpc) is 2.08. The van der Waals surface area contributed by atoms with E-state index in [-0.39, 0.29) is 13.2 Å². The van der Waals surface area contributed by atoms with Gasteiger partial charge in [0, 0.05) is 6.92 Å². The minimum atomic E-state index is -0.934. The Labute approximate surface area is 94.9 Å². The number of hydrogen-bond donors (Lipinski definition) is 2. The smallest absolute Gasteiger partial charge is 0.407 e. The van der Waals surface area contributed by atoms with Gasteiger partial charge in [0.2, 0.25) is 0 Å². The third-order valence-corrected chi connectivity index (χ3v) is 1.36. The standard InChI is InChI=1S/C10H19NO5/c1-7(12)15-6-8(13)5-11-9(14)16-10(2,3)4/h8,13H,5-6H2,1-4H3,(H,11,14)/t8-/m0/s1. The van der Waals surface area contributed by atoms with Crippen molar-refractivity contribution in [2.75, 3.05) is 13.2 Å². The zero-order valence-corrected chi connectivity index (χ0v) is 10.1. The van der Waals surface area contributed by atoms with Gasteiger partial charge in [0.1, 0.15) is 18.3 Å². The fourth-order valence-electron chi connectivity index (χ4n) is 0.788. The molecule has 0 aromatic heterocycles. The van der Waals surface area contributed by atoms with Crippen molar-refractivity contribution >= 4 is 12.1 Å². The second kappa shape index (κ2) is 6.32. The summed E-state index contributed by atoms with van der Waals surface area (Å²) in [6, 6.07) is 0. The molecule has 0 aliphatic heterocycles. The van der Waals surface area contributed by atoms with Crippen LogP contribution in [0.25, 0.3) is 0 Å². The second-order valence-electron chi connectivity index (χ2n) is 4.34. The summed E-state index contributed by atoms with van der Waals surface area (Å²) in [5.74, 6) is -0.476. The summed E-state index contributed by atoms with van der Waals surface area (Å²) in [4.78, 5) is 21.6. The molecule has 0 unspecified atom stereocenters. The van der Waals surface area contributed by atoms with E-state index < -0.39 is 23.8 Å². The third kappa shape index (κ3) is 9.26. The summed E-state index contributed by atoms with van der Waals surface area (Å²) in [5, 5.41) is 11.7. The van der Waals surface area contributed by atoms with E-state index in [1.165, 1.54) is 6.92 Å². The first kappa shape index (κ1) is 14.7. The minimum absolute atomic E-state index is 0.0256. The van der Waals surface area contributed by atoms with Crippen molar-refractivity contribution in [1.29, 1.82) is 0 Å². The Kier molecular flexibility index (Phi) is 5.81. The summed E-state index contributed by atoms with van der Waals surface area (Å²) in [6.45, 7) is 6.28. The van der Waals surface area contributed by atoms with E-state index in [9.17, 15) is 14.7 Å². The monoisotopic (exact) mass is 233 g/mol. The maximum absolute atomic E-state index is 11.1. The highest BCUT2D eigenvalue weighted by atomic mass is 16.6. The molecule has 0 aliphatic rings. The van der Waals surface area contributed by atoms with Crippen molar-refractivity contribution in [3.63, 3.8) is 0 Å². The molecule has 94 valence electrons. The van der Waals surface area contributed by atoms with Crippen LogP contribution >= 0.6 is 0 Å². The average molecular weight is 233 g/mol. The van der Waals surface area contributed by atoms with E-state index in [0.29, 0.717) is 0 Å². The zero-order chi connectivity index (χ0) is 12.8. The fourth-order valence-corrected chi connectivity index (χ4v) is 0.788. The lowest BCUT2D eigenvalue weighted by Gasteiger charge is -2.20. The molecule has 1 atom stereocenters. The van der Waals surface area contributed by atoms with Crippen molar-refractivity contribution in [2.45, 2.75) is 39.4 Å². The highest BCUT2D eigenvalue weighted by Gasteiger charge is 2.16. The molecule has 0 aliphatic carbocycles. The molecular formula is C10H19NO5. The Hall–Kier alpha value is -1.30. The predicted octanol–water partition coefficient (Wildman–Crippen LogP) is 0.435. The van der Waals surface area contributed by atoms with Gasteiger partial charge in [-0.1, -0.05) is 0 Å². The molecule has 6 heteroatoms. The number of rotatable bonds is 4. The Morgan fingerprint density at radius 3 is 2.38 bits per heavy atom. The molecule has 16 heavy (non-hydrogen) atoms. The van der Waals surface area contributed by atoms with Crippen LogP contribution in [-0.4, -0.2) is 42.0 Å². The third-order valence-electron chi connectivity index (χ3n) is 1.36. The summed E-state index contributed by atoms with van der Waals surface area (Å²) in [7, 11) is 0. The van der Waals surface area contributed by atoms with Crippen molar-refractivity contribution < 1.29 is 24.2 Å². The van der Waals surface area contributed by atoms with E-state index >= 15 is 0 Å². The quantitative estimate of drug-likeness (QED) is 0.688. The topological polar surface area (TPSA) is 84.9 Å². The number of ether oxygens (including phenoxy) is 2. The van der Waals surface area contributed by atoms with Crippen molar-refractivity contribution in [3.05, 3.63) is 0 Å². The highest BCUT2D eigenvalue weighted by Crippen LogP contribution is 2.06. The lowest BCUT2D eigenvalue weighted by Crippen LogP contribution is -2.38. The molecule has 0 aromatic rings. The summed E-state index contributed by atoms with van der Waals surface area (Å²) in [6.07, 6.45) is -1.55. The van der Waals surface area contributed by atoms with Gasteiger partial charge in [0.25, 0.3) is 0 Å². The normalized spacial score (nSPS) is 12.8. The number of aliphatic hydroxyl groups is 1. The molecule has 0 fully saturated rings. The van der Waals surface area contributed by atoms with E-state index in [1.54, 1.807) is 20.8 Å². The number of amides is 1. The summed E-state index contributed by atoms with van der Waals surface area (Å²) < 4.78 is 9.50. The van der Waals surface area contributed by atoms with Gasteiger partial charge in [0.05, 0.1) is 6.54 Å². The number of carbonyl (C=O) groups is 2. The van der Waals surface area contributed by atoms with Gasteiger partial charge in [-0.25, -0.2) is 4.79 Å². The SMILES string of the molecule is CC(=O)OC[C@@H](O)CNC(=O)OC(C)(C)C. The first-order chi connectivity index (χ1) is 7.20. The number of hydrogen-bond acceptors (Lipinski definition) is 5. The van der Waals surface area contributed by atoms with E-state index in [4.69, 9.17) is 4.74 Å². The second-order valence-corrected chi connectivity index (χ2v) is 4.34. The van der Waals surface area contributed by atoms with Crippen LogP contribution in [0.1, 0.15) is 27.7 Å². The fraction of sp³-hybridized carbons (Fsp3) is 0.800. The molecule has 0 heterocycles. The highest BCUT2D eigenvalue weighted by molar-refractivity contribution is 5.67. The first-order valence-corrected chi connectivity index (χ1v) is 4.99. The Balaban J connectivity index is 3.71. The van der Waals surface area contributed by atoms with Gasteiger partial charge in [-0.15, -0.1) is 0 Å². The lowest BCUT2D eigenvalue weighted by atomic mass is 10.2. The van der Waals surface area contributed by atoms with Crippen LogP contribution < -0.4 is 5.32 Å². The molecule has 0 radical (unpaired) electrons. The maximum atomic E-state index is 11.1. The van der Waals surface area contributed by atoms with Crippen LogP contribution in [0.5, 0.6) is 0 Å². The number of alkyl carbamates (subject to hydrolysis) is 1. The summed E-state index contributed by atoms with van der Waals surface area (Å²) in [5.41, 5.74) is -0.578.